The number of hydrogen-bond acceptors (Lipinski definition) is 4. The number of aryl methyl sites for hydroxylation is 1. The molecule has 3 rings (SSSR count). The Labute approximate surface area is 150 Å². The molecule has 0 radical (unpaired) electrons. The number of hydrogen-bond donors (Lipinski definition) is 2. The summed E-state index contributed by atoms with van der Waals surface area (Å²) in [5, 5.41) is 19.7. The lowest BCUT2D eigenvalue weighted by Gasteiger charge is -2.13. The number of aromatic nitrogens is 3. The van der Waals surface area contributed by atoms with Crippen molar-refractivity contribution >= 4 is 11.9 Å². The molecule has 0 spiro atoms. The summed E-state index contributed by atoms with van der Waals surface area (Å²) >= 11 is 0. The average molecular weight is 350 g/mol. The van der Waals surface area contributed by atoms with E-state index in [4.69, 9.17) is 0 Å². The summed E-state index contributed by atoms with van der Waals surface area (Å²) in [7, 11) is 0. The van der Waals surface area contributed by atoms with Crippen LogP contribution in [0.4, 0.5) is 0 Å². The zero-order valence-electron chi connectivity index (χ0n) is 14.2. The SMILES string of the molecule is Cc1ccc(-n2cc(C(=O)N[C@@H](Cc3ccccc3)C(=O)O)nn2)cc1. The van der Waals surface area contributed by atoms with Gasteiger partial charge in [0.05, 0.1) is 11.9 Å². The molecule has 2 aromatic carbocycles. The fourth-order valence-electron chi connectivity index (χ4n) is 2.47. The Hall–Kier alpha value is -3.48. The molecule has 0 aliphatic rings. The number of benzene rings is 2. The fraction of sp³-hybridized carbons (Fsp3) is 0.158. The molecule has 0 unspecified atom stereocenters. The minimum absolute atomic E-state index is 0.0601. The van der Waals surface area contributed by atoms with Gasteiger partial charge in [0.25, 0.3) is 5.91 Å². The van der Waals surface area contributed by atoms with Crippen molar-refractivity contribution < 1.29 is 14.7 Å². The Morgan fingerprint density at radius 3 is 2.46 bits per heavy atom. The van der Waals surface area contributed by atoms with Crippen molar-refractivity contribution in [2.24, 2.45) is 0 Å². The van der Waals surface area contributed by atoms with E-state index < -0.39 is 17.9 Å². The smallest absolute Gasteiger partial charge is 0.326 e. The molecule has 0 aliphatic heterocycles. The summed E-state index contributed by atoms with van der Waals surface area (Å²) in [5.41, 5.74) is 2.76. The molecule has 0 saturated heterocycles. The zero-order valence-corrected chi connectivity index (χ0v) is 14.2. The molecule has 2 N–H and O–H groups in total. The largest absolute Gasteiger partial charge is 0.480 e. The van der Waals surface area contributed by atoms with Crippen LogP contribution in [0.5, 0.6) is 0 Å². The molecule has 7 nitrogen and oxygen atoms in total. The fourth-order valence-corrected chi connectivity index (χ4v) is 2.47. The maximum atomic E-state index is 12.4. The number of aliphatic carboxylic acids is 1. The van der Waals surface area contributed by atoms with Crippen LogP contribution in [0.1, 0.15) is 21.6 Å². The molecule has 0 bridgehead atoms. The Morgan fingerprint density at radius 1 is 1.12 bits per heavy atom. The standard InChI is InChI=1S/C19H18N4O3/c1-13-7-9-15(10-8-13)23-12-17(21-22-23)18(24)20-16(19(25)26)11-14-5-3-2-4-6-14/h2-10,12,16H,11H2,1H3,(H,20,24)(H,25,26)/t16-/m0/s1. The highest BCUT2D eigenvalue weighted by Gasteiger charge is 2.22. The van der Waals surface area contributed by atoms with Gasteiger partial charge in [-0.15, -0.1) is 5.10 Å². The Kier molecular flexibility index (Phi) is 5.07. The lowest BCUT2D eigenvalue weighted by atomic mass is 10.1. The maximum absolute atomic E-state index is 12.4. The summed E-state index contributed by atoms with van der Waals surface area (Å²) in [4.78, 5) is 23.8. The van der Waals surface area contributed by atoms with E-state index in [1.165, 1.54) is 10.9 Å². The van der Waals surface area contributed by atoms with Crippen molar-refractivity contribution in [1.29, 1.82) is 0 Å². The second-order valence-corrected chi connectivity index (χ2v) is 5.94. The summed E-state index contributed by atoms with van der Waals surface area (Å²) in [5.74, 6) is -1.68. The average Bonchev–Trinajstić information content (AvgIpc) is 3.13. The summed E-state index contributed by atoms with van der Waals surface area (Å²) in [6, 6.07) is 15.7. The first-order valence-corrected chi connectivity index (χ1v) is 8.10. The molecule has 1 aromatic heterocycles. The first kappa shape index (κ1) is 17.3. The Bertz CT molecular complexity index is 904. The molecule has 0 fully saturated rings. The monoisotopic (exact) mass is 350 g/mol. The molecule has 26 heavy (non-hydrogen) atoms. The highest BCUT2D eigenvalue weighted by molar-refractivity contribution is 5.94. The predicted molar refractivity (Wildman–Crippen MR) is 95.1 cm³/mol. The number of carbonyl (C=O) groups is 2. The molecule has 132 valence electrons. The lowest BCUT2D eigenvalue weighted by molar-refractivity contribution is -0.139. The van der Waals surface area contributed by atoms with Gasteiger partial charge in [-0.2, -0.15) is 0 Å². The third-order valence-electron chi connectivity index (χ3n) is 3.91. The van der Waals surface area contributed by atoms with Crippen molar-refractivity contribution in [2.75, 3.05) is 0 Å². The summed E-state index contributed by atoms with van der Waals surface area (Å²) in [6.45, 7) is 1.97. The van der Waals surface area contributed by atoms with Gasteiger partial charge in [0.15, 0.2) is 5.69 Å². The number of nitrogens with zero attached hydrogens (tertiary/aromatic N) is 3. The van der Waals surface area contributed by atoms with Gasteiger partial charge in [-0.1, -0.05) is 53.2 Å². The molecule has 1 atom stereocenters. The summed E-state index contributed by atoms with van der Waals surface area (Å²) < 4.78 is 1.47. The van der Waals surface area contributed by atoms with Crippen LogP contribution in [0, 0.1) is 6.92 Å². The van der Waals surface area contributed by atoms with Crippen LogP contribution in [-0.2, 0) is 11.2 Å². The molecular formula is C19H18N4O3. The van der Waals surface area contributed by atoms with Gasteiger partial charge in [-0.05, 0) is 24.6 Å². The van der Waals surface area contributed by atoms with Crippen molar-refractivity contribution in [1.82, 2.24) is 20.3 Å². The van der Waals surface area contributed by atoms with Crippen LogP contribution in [0.15, 0.2) is 60.8 Å². The quantitative estimate of drug-likeness (QED) is 0.709. The van der Waals surface area contributed by atoms with Crippen molar-refractivity contribution in [3.8, 4) is 5.69 Å². The molecular weight excluding hydrogens is 332 g/mol. The lowest BCUT2D eigenvalue weighted by Crippen LogP contribution is -2.42. The van der Waals surface area contributed by atoms with Crippen LogP contribution in [0.3, 0.4) is 0 Å². The third-order valence-corrected chi connectivity index (χ3v) is 3.91. The van der Waals surface area contributed by atoms with E-state index >= 15 is 0 Å². The number of carboxylic acid groups (broad SMARTS) is 1. The van der Waals surface area contributed by atoms with Crippen LogP contribution < -0.4 is 5.32 Å². The molecule has 1 amide bonds. The van der Waals surface area contributed by atoms with E-state index in [1.54, 1.807) is 0 Å². The molecule has 7 heteroatoms. The van der Waals surface area contributed by atoms with Crippen LogP contribution in [0.25, 0.3) is 5.69 Å². The Morgan fingerprint density at radius 2 is 1.81 bits per heavy atom. The number of carbonyl (C=O) groups excluding carboxylic acids is 1. The molecule has 0 saturated carbocycles. The summed E-state index contributed by atoms with van der Waals surface area (Å²) in [6.07, 6.45) is 1.66. The number of rotatable bonds is 6. The molecule has 0 aliphatic carbocycles. The van der Waals surface area contributed by atoms with E-state index in [2.05, 4.69) is 15.6 Å². The second kappa shape index (κ2) is 7.60. The molecule has 1 heterocycles. The van der Waals surface area contributed by atoms with Crippen molar-refractivity contribution in [2.45, 2.75) is 19.4 Å². The minimum Gasteiger partial charge on any atom is -0.480 e. The predicted octanol–water partition coefficient (Wildman–Crippen LogP) is 2.00. The topological polar surface area (TPSA) is 97.1 Å². The highest BCUT2D eigenvalue weighted by Crippen LogP contribution is 2.09. The second-order valence-electron chi connectivity index (χ2n) is 5.94. The highest BCUT2D eigenvalue weighted by atomic mass is 16.4. The molecule has 3 aromatic rings. The first-order chi connectivity index (χ1) is 12.5. The van der Waals surface area contributed by atoms with E-state index in [9.17, 15) is 14.7 Å². The van der Waals surface area contributed by atoms with Crippen molar-refractivity contribution in [3.05, 3.63) is 77.6 Å². The van der Waals surface area contributed by atoms with Gasteiger partial charge in [0.2, 0.25) is 0 Å². The van der Waals surface area contributed by atoms with Gasteiger partial charge in [-0.25, -0.2) is 9.48 Å². The number of amides is 1. The third kappa shape index (κ3) is 4.13. The van der Waals surface area contributed by atoms with E-state index in [-0.39, 0.29) is 12.1 Å². The van der Waals surface area contributed by atoms with Crippen LogP contribution in [-0.4, -0.2) is 38.0 Å². The van der Waals surface area contributed by atoms with Gasteiger partial charge >= 0.3 is 5.97 Å². The van der Waals surface area contributed by atoms with Crippen molar-refractivity contribution in [3.63, 3.8) is 0 Å². The van der Waals surface area contributed by atoms with Gasteiger partial charge in [0, 0.05) is 6.42 Å². The first-order valence-electron chi connectivity index (χ1n) is 8.10. The van der Waals surface area contributed by atoms with Gasteiger partial charge < -0.3 is 10.4 Å². The zero-order chi connectivity index (χ0) is 18.5. The van der Waals surface area contributed by atoms with Gasteiger partial charge in [0.1, 0.15) is 6.04 Å². The van der Waals surface area contributed by atoms with Crippen LogP contribution in [0.2, 0.25) is 0 Å². The van der Waals surface area contributed by atoms with E-state index in [0.29, 0.717) is 0 Å². The number of nitrogens with one attached hydrogen (secondary N) is 1. The van der Waals surface area contributed by atoms with Gasteiger partial charge in [-0.3, -0.25) is 4.79 Å². The maximum Gasteiger partial charge on any atom is 0.326 e. The minimum atomic E-state index is -1.10. The van der Waals surface area contributed by atoms with Crippen LogP contribution >= 0.6 is 0 Å². The van der Waals surface area contributed by atoms with E-state index in [1.807, 2.05) is 61.5 Å². The normalized spacial score (nSPS) is 11.7. The van der Waals surface area contributed by atoms with E-state index in [0.717, 1.165) is 16.8 Å². The number of carboxylic acids is 1. The Balaban J connectivity index is 1.72.